The van der Waals surface area contributed by atoms with E-state index in [2.05, 4.69) is 170 Å². The van der Waals surface area contributed by atoms with E-state index < -0.39 is 0 Å². The summed E-state index contributed by atoms with van der Waals surface area (Å²) in [4.78, 5) is 0. The zero-order valence-corrected chi connectivity index (χ0v) is 25.6. The fourth-order valence-corrected chi connectivity index (χ4v) is 7.61. The Morgan fingerprint density at radius 2 is 0.809 bits per heavy atom. The summed E-state index contributed by atoms with van der Waals surface area (Å²) in [6, 6.07) is 61.5. The highest BCUT2D eigenvalue weighted by molar-refractivity contribution is 6.24. The third-order valence-electron chi connectivity index (χ3n) is 9.82. The van der Waals surface area contributed by atoms with E-state index in [9.17, 15) is 0 Å². The van der Waals surface area contributed by atoms with Gasteiger partial charge in [0.25, 0.3) is 0 Å². The van der Waals surface area contributed by atoms with Gasteiger partial charge in [-0.15, -0.1) is 0 Å². The second-order valence-corrected chi connectivity index (χ2v) is 12.5. The Morgan fingerprint density at radius 3 is 1.49 bits per heavy atom. The number of hydrogen-bond acceptors (Lipinski definition) is 1. The minimum absolute atomic E-state index is 0.919. The van der Waals surface area contributed by atoms with Crippen LogP contribution in [0.2, 0.25) is 0 Å². The van der Waals surface area contributed by atoms with Gasteiger partial charge in [0.2, 0.25) is 0 Å². The summed E-state index contributed by atoms with van der Waals surface area (Å²) in [6.07, 6.45) is 0. The molecule has 0 saturated heterocycles. The topological polar surface area (TPSA) is 13.1 Å². The van der Waals surface area contributed by atoms with Crippen molar-refractivity contribution in [1.29, 1.82) is 0 Å². The monoisotopic (exact) mass is 596 g/mol. The summed E-state index contributed by atoms with van der Waals surface area (Å²) in [5.41, 5.74) is 9.09. The van der Waals surface area contributed by atoms with Crippen molar-refractivity contribution >= 4 is 65.0 Å². The van der Waals surface area contributed by atoms with Crippen molar-refractivity contribution in [2.24, 2.45) is 0 Å². The first-order chi connectivity index (χ1) is 23.3. The Hall–Kier alpha value is -6.18. The van der Waals surface area contributed by atoms with E-state index in [1.165, 1.54) is 70.9 Å². The lowest BCUT2D eigenvalue weighted by atomic mass is 9.85. The molecule has 0 aliphatic carbocycles. The minimum atomic E-state index is 0.919. The van der Waals surface area contributed by atoms with Crippen LogP contribution in [-0.4, -0.2) is 0 Å². The average Bonchev–Trinajstić information content (AvgIpc) is 3.50. The van der Waals surface area contributed by atoms with Crippen molar-refractivity contribution in [3.63, 3.8) is 0 Å². The lowest BCUT2D eigenvalue weighted by molar-refractivity contribution is 0.670. The van der Waals surface area contributed by atoms with Gasteiger partial charge in [-0.05, 0) is 83.5 Å². The zero-order chi connectivity index (χ0) is 30.9. The van der Waals surface area contributed by atoms with E-state index in [1.54, 1.807) is 0 Å². The van der Waals surface area contributed by atoms with Crippen LogP contribution < -0.4 is 0 Å². The molecule has 1 heteroatoms. The van der Waals surface area contributed by atoms with Crippen molar-refractivity contribution in [3.8, 4) is 33.4 Å². The van der Waals surface area contributed by atoms with Gasteiger partial charge in [0.1, 0.15) is 11.2 Å². The average molecular weight is 597 g/mol. The zero-order valence-electron chi connectivity index (χ0n) is 25.6. The third-order valence-corrected chi connectivity index (χ3v) is 9.82. The first-order valence-electron chi connectivity index (χ1n) is 16.2. The molecule has 0 atom stereocenters. The summed E-state index contributed by atoms with van der Waals surface area (Å²) < 4.78 is 6.74. The second-order valence-electron chi connectivity index (χ2n) is 12.5. The molecular weight excluding hydrogens is 569 g/mol. The molecule has 10 rings (SSSR count). The predicted molar refractivity (Wildman–Crippen MR) is 200 cm³/mol. The van der Waals surface area contributed by atoms with Gasteiger partial charge in [-0.3, -0.25) is 0 Å². The molecule has 1 nitrogen and oxygen atoms in total. The Kier molecular flexibility index (Phi) is 5.64. The van der Waals surface area contributed by atoms with Gasteiger partial charge in [-0.1, -0.05) is 152 Å². The summed E-state index contributed by atoms with van der Waals surface area (Å²) in [7, 11) is 0. The number of benzene rings is 9. The normalized spacial score (nSPS) is 11.8. The molecule has 1 heterocycles. The molecule has 0 fully saturated rings. The largest absolute Gasteiger partial charge is 0.455 e. The molecular formula is C46H28O. The van der Waals surface area contributed by atoms with Gasteiger partial charge in [0, 0.05) is 21.9 Å². The van der Waals surface area contributed by atoms with E-state index in [0.717, 1.165) is 27.5 Å². The highest BCUT2D eigenvalue weighted by atomic mass is 16.3. The number of hydrogen-bond donors (Lipinski definition) is 0. The molecule has 10 aromatic rings. The lowest BCUT2D eigenvalue weighted by Gasteiger charge is -2.18. The molecule has 0 aliphatic rings. The number of furan rings is 1. The summed E-state index contributed by atoms with van der Waals surface area (Å²) in [5.74, 6) is 0. The molecule has 218 valence electrons. The first kappa shape index (κ1) is 26.1. The summed E-state index contributed by atoms with van der Waals surface area (Å²) in [5, 5.41) is 12.1. The van der Waals surface area contributed by atoms with Crippen molar-refractivity contribution in [2.45, 2.75) is 0 Å². The SMILES string of the molecule is c1ccc2cc(-c3ccc(-c4c5ccccc5c(-c5cccc6c5oc5cc7ccccc7cc56)c5ccccc45)cc3)ccc2c1. The minimum Gasteiger partial charge on any atom is -0.455 e. The van der Waals surface area contributed by atoms with Gasteiger partial charge in [0.15, 0.2) is 0 Å². The van der Waals surface area contributed by atoms with Crippen LogP contribution in [0, 0.1) is 0 Å². The Bertz CT molecular complexity index is 2780. The number of rotatable bonds is 3. The van der Waals surface area contributed by atoms with Crippen LogP contribution in [0.15, 0.2) is 174 Å². The molecule has 1 aromatic heterocycles. The fourth-order valence-electron chi connectivity index (χ4n) is 7.61. The van der Waals surface area contributed by atoms with Gasteiger partial charge in [-0.25, -0.2) is 0 Å². The van der Waals surface area contributed by atoms with Gasteiger partial charge >= 0.3 is 0 Å². The molecule has 0 spiro atoms. The van der Waals surface area contributed by atoms with Crippen molar-refractivity contribution in [1.82, 2.24) is 0 Å². The molecule has 0 bridgehead atoms. The summed E-state index contributed by atoms with van der Waals surface area (Å²) in [6.45, 7) is 0. The van der Waals surface area contributed by atoms with Crippen LogP contribution in [-0.2, 0) is 0 Å². The summed E-state index contributed by atoms with van der Waals surface area (Å²) >= 11 is 0. The maximum Gasteiger partial charge on any atom is 0.143 e. The van der Waals surface area contributed by atoms with E-state index in [1.807, 2.05) is 0 Å². The predicted octanol–water partition coefficient (Wildman–Crippen LogP) is 13.2. The van der Waals surface area contributed by atoms with E-state index in [0.29, 0.717) is 0 Å². The molecule has 0 amide bonds. The van der Waals surface area contributed by atoms with Crippen LogP contribution in [0.25, 0.3) is 98.4 Å². The molecule has 0 N–H and O–H groups in total. The maximum atomic E-state index is 6.74. The highest BCUT2D eigenvalue weighted by Crippen LogP contribution is 2.47. The second kappa shape index (κ2) is 10.2. The highest BCUT2D eigenvalue weighted by Gasteiger charge is 2.20. The number of para-hydroxylation sites is 1. The van der Waals surface area contributed by atoms with Gasteiger partial charge in [-0.2, -0.15) is 0 Å². The molecule has 9 aromatic carbocycles. The molecule has 0 unspecified atom stereocenters. The fraction of sp³-hybridized carbons (Fsp3) is 0. The maximum absolute atomic E-state index is 6.74. The van der Waals surface area contributed by atoms with Crippen LogP contribution in [0.4, 0.5) is 0 Å². The van der Waals surface area contributed by atoms with Gasteiger partial charge in [0.05, 0.1) is 0 Å². The third kappa shape index (κ3) is 4.03. The molecule has 0 aliphatic heterocycles. The standard InChI is InChI=1S/C46H28O/c1-2-11-32-26-35(25-22-29(32)10-1)30-20-23-31(24-21-30)44-36-14-5-7-16-38(36)45(39-17-8-6-15-37(39)44)41-19-9-18-40-42-27-33-12-3-4-13-34(33)28-43(42)47-46(40)41/h1-28H. The molecule has 0 saturated carbocycles. The quantitative estimate of drug-likeness (QED) is 0.185. The molecule has 47 heavy (non-hydrogen) atoms. The first-order valence-corrected chi connectivity index (χ1v) is 16.2. The van der Waals surface area contributed by atoms with E-state index in [-0.39, 0.29) is 0 Å². The van der Waals surface area contributed by atoms with Gasteiger partial charge < -0.3 is 4.42 Å². The van der Waals surface area contributed by atoms with Crippen molar-refractivity contribution < 1.29 is 4.42 Å². The Balaban J connectivity index is 1.20. The van der Waals surface area contributed by atoms with Crippen molar-refractivity contribution in [3.05, 3.63) is 170 Å². The number of fused-ring (bicyclic) bond motifs is 7. The van der Waals surface area contributed by atoms with E-state index >= 15 is 0 Å². The van der Waals surface area contributed by atoms with Crippen LogP contribution >= 0.6 is 0 Å². The van der Waals surface area contributed by atoms with Crippen LogP contribution in [0.5, 0.6) is 0 Å². The smallest absolute Gasteiger partial charge is 0.143 e. The lowest BCUT2D eigenvalue weighted by Crippen LogP contribution is -1.91. The van der Waals surface area contributed by atoms with E-state index in [4.69, 9.17) is 4.42 Å². The molecule has 0 radical (unpaired) electrons. The Labute approximate surface area is 271 Å². The van der Waals surface area contributed by atoms with Crippen molar-refractivity contribution in [2.75, 3.05) is 0 Å². The Morgan fingerprint density at radius 1 is 0.298 bits per heavy atom. The van der Waals surface area contributed by atoms with Crippen LogP contribution in [0.1, 0.15) is 0 Å². The van der Waals surface area contributed by atoms with Crippen LogP contribution in [0.3, 0.4) is 0 Å².